The molecule has 0 radical (unpaired) electrons. The maximum absolute atomic E-state index is 13.7. The molecule has 7 heteroatoms. The minimum atomic E-state index is -0.502. The molecule has 2 aromatic carbocycles. The third-order valence-corrected chi connectivity index (χ3v) is 6.84. The molecule has 1 saturated carbocycles. The third kappa shape index (κ3) is 5.28. The van der Waals surface area contributed by atoms with Gasteiger partial charge in [-0.2, -0.15) is 0 Å². The highest BCUT2D eigenvalue weighted by Crippen LogP contribution is 2.29. The van der Waals surface area contributed by atoms with Gasteiger partial charge in [0.15, 0.2) is 0 Å². The van der Waals surface area contributed by atoms with Crippen LogP contribution in [-0.4, -0.2) is 26.3 Å². The molecule has 4 rings (SSSR count). The lowest BCUT2D eigenvalue weighted by atomic mass is 9.93. The van der Waals surface area contributed by atoms with Gasteiger partial charge < -0.3 is 9.47 Å². The Balaban J connectivity index is 1.63. The molecular weight excluding hydrogens is 438 g/mol. The van der Waals surface area contributed by atoms with Gasteiger partial charge in [0, 0.05) is 36.6 Å². The van der Waals surface area contributed by atoms with Gasteiger partial charge in [-0.1, -0.05) is 55.1 Å². The highest BCUT2D eigenvalue weighted by Gasteiger charge is 2.29. The number of benzene rings is 2. The number of amides is 1. The molecule has 1 aliphatic rings. The molecule has 0 aliphatic heterocycles. The summed E-state index contributed by atoms with van der Waals surface area (Å²) in [5.41, 5.74) is 3.71. The smallest absolute Gasteiger partial charge is 0.270 e. The predicted molar refractivity (Wildman–Crippen MR) is 130 cm³/mol. The van der Waals surface area contributed by atoms with Crippen LogP contribution >= 0.6 is 11.6 Å². The Morgan fingerprint density at radius 2 is 1.88 bits per heavy atom. The van der Waals surface area contributed by atoms with E-state index in [2.05, 4.69) is 29.7 Å². The fourth-order valence-electron chi connectivity index (χ4n) is 4.60. The van der Waals surface area contributed by atoms with Gasteiger partial charge in [-0.3, -0.25) is 14.9 Å². The summed E-state index contributed by atoms with van der Waals surface area (Å²) in [5, 5.41) is 11.2. The Hall–Kier alpha value is -3.12. The molecule has 0 bridgehead atoms. The van der Waals surface area contributed by atoms with E-state index in [1.807, 2.05) is 29.3 Å². The quantitative estimate of drug-likeness (QED) is 0.300. The van der Waals surface area contributed by atoms with Crippen LogP contribution in [0.25, 0.3) is 0 Å². The van der Waals surface area contributed by atoms with Gasteiger partial charge in [-0.25, -0.2) is 0 Å². The zero-order valence-corrected chi connectivity index (χ0v) is 19.5. The predicted octanol–water partition coefficient (Wildman–Crippen LogP) is 6.38. The van der Waals surface area contributed by atoms with E-state index in [9.17, 15) is 14.9 Å². The third-order valence-electron chi connectivity index (χ3n) is 6.53. The second-order valence-electron chi connectivity index (χ2n) is 8.70. The maximum atomic E-state index is 13.7. The summed E-state index contributed by atoms with van der Waals surface area (Å²) in [7, 11) is 0. The fourth-order valence-corrected chi connectivity index (χ4v) is 4.85. The van der Waals surface area contributed by atoms with E-state index in [1.165, 1.54) is 35.7 Å². The van der Waals surface area contributed by atoms with Gasteiger partial charge in [-0.05, 0) is 49.1 Å². The molecule has 33 heavy (non-hydrogen) atoms. The van der Waals surface area contributed by atoms with Crippen LogP contribution in [0.1, 0.15) is 59.3 Å². The molecular formula is C26H28ClN3O3. The first-order valence-electron chi connectivity index (χ1n) is 11.4. The molecule has 0 N–H and O–H groups in total. The van der Waals surface area contributed by atoms with Crippen molar-refractivity contribution in [2.75, 3.05) is 0 Å². The van der Waals surface area contributed by atoms with Crippen LogP contribution in [0.15, 0.2) is 60.8 Å². The molecule has 1 aromatic heterocycles. The number of aromatic nitrogens is 1. The number of hydrogen-bond acceptors (Lipinski definition) is 3. The number of nitro groups is 1. The van der Waals surface area contributed by atoms with Gasteiger partial charge in [-0.15, -0.1) is 0 Å². The molecule has 0 saturated heterocycles. The van der Waals surface area contributed by atoms with Gasteiger partial charge in [0.2, 0.25) is 0 Å². The average Bonchev–Trinajstić information content (AvgIpc) is 3.25. The van der Waals surface area contributed by atoms with E-state index in [1.54, 1.807) is 0 Å². The standard InChI is InChI=1S/C26H28ClN3O3/c1-19-8-5-6-9-20(19)17-28-15-7-12-23(28)18-29(21-10-3-2-4-11-21)26(31)24-14-13-22(30(32)33)16-25(24)27/h5-9,12-16,21H,2-4,10-11,17-18H2,1H3. The lowest BCUT2D eigenvalue weighted by Gasteiger charge is -2.35. The molecule has 1 aliphatic carbocycles. The maximum Gasteiger partial charge on any atom is 0.270 e. The van der Waals surface area contributed by atoms with Gasteiger partial charge in [0.05, 0.1) is 22.1 Å². The number of carbonyl (C=O) groups excluding carboxylic acids is 1. The SMILES string of the molecule is Cc1ccccc1Cn1cccc1CN(C(=O)c1ccc([N+](=O)[O-])cc1Cl)C1CCCCC1. The summed E-state index contributed by atoms with van der Waals surface area (Å²) in [6.07, 6.45) is 7.31. The van der Waals surface area contributed by atoms with Crippen molar-refractivity contribution in [3.8, 4) is 0 Å². The van der Waals surface area contributed by atoms with Crippen molar-refractivity contribution in [2.45, 2.75) is 58.2 Å². The summed E-state index contributed by atoms with van der Waals surface area (Å²) in [4.78, 5) is 26.2. The van der Waals surface area contributed by atoms with E-state index in [4.69, 9.17) is 11.6 Å². The summed E-state index contributed by atoms with van der Waals surface area (Å²) < 4.78 is 2.18. The van der Waals surface area contributed by atoms with Crippen LogP contribution in [0.4, 0.5) is 5.69 Å². The zero-order chi connectivity index (χ0) is 23.4. The zero-order valence-electron chi connectivity index (χ0n) is 18.7. The van der Waals surface area contributed by atoms with Crippen molar-refractivity contribution in [2.24, 2.45) is 0 Å². The number of halogens is 1. The number of hydrogen-bond donors (Lipinski definition) is 0. The Labute approximate surface area is 198 Å². The highest BCUT2D eigenvalue weighted by atomic mass is 35.5. The topological polar surface area (TPSA) is 68.4 Å². The molecule has 6 nitrogen and oxygen atoms in total. The summed E-state index contributed by atoms with van der Waals surface area (Å²) in [6.45, 7) is 3.31. The van der Waals surface area contributed by atoms with Crippen LogP contribution in [-0.2, 0) is 13.1 Å². The average molecular weight is 466 g/mol. The fraction of sp³-hybridized carbons (Fsp3) is 0.346. The summed E-state index contributed by atoms with van der Waals surface area (Å²) >= 11 is 6.33. The molecule has 1 heterocycles. The first kappa shape index (κ1) is 23.1. The number of nitrogens with zero attached hydrogens (tertiary/aromatic N) is 3. The monoisotopic (exact) mass is 465 g/mol. The number of aryl methyl sites for hydroxylation is 1. The number of carbonyl (C=O) groups is 1. The van der Waals surface area contributed by atoms with Crippen LogP contribution in [0.3, 0.4) is 0 Å². The molecule has 0 unspecified atom stereocenters. The molecule has 1 amide bonds. The lowest BCUT2D eigenvalue weighted by molar-refractivity contribution is -0.384. The minimum Gasteiger partial charge on any atom is -0.345 e. The van der Waals surface area contributed by atoms with E-state index >= 15 is 0 Å². The van der Waals surface area contributed by atoms with Crippen molar-refractivity contribution in [3.63, 3.8) is 0 Å². The molecule has 172 valence electrons. The lowest BCUT2D eigenvalue weighted by Crippen LogP contribution is -2.41. The minimum absolute atomic E-state index is 0.116. The Bertz CT molecular complexity index is 1150. The normalized spacial score (nSPS) is 14.2. The second kappa shape index (κ2) is 10.2. The molecule has 1 fully saturated rings. The first-order chi connectivity index (χ1) is 15.9. The Morgan fingerprint density at radius 1 is 1.12 bits per heavy atom. The van der Waals surface area contributed by atoms with Gasteiger partial charge >= 0.3 is 0 Å². The van der Waals surface area contributed by atoms with Crippen molar-refractivity contribution in [3.05, 3.63) is 98.3 Å². The van der Waals surface area contributed by atoms with Crippen molar-refractivity contribution >= 4 is 23.2 Å². The van der Waals surface area contributed by atoms with E-state index in [0.29, 0.717) is 12.1 Å². The first-order valence-corrected chi connectivity index (χ1v) is 11.8. The number of non-ortho nitro benzene ring substituents is 1. The van der Waals surface area contributed by atoms with E-state index in [0.717, 1.165) is 37.9 Å². The van der Waals surface area contributed by atoms with Crippen LogP contribution < -0.4 is 0 Å². The molecule has 0 atom stereocenters. The molecule has 0 spiro atoms. The van der Waals surface area contributed by atoms with Crippen LogP contribution in [0.2, 0.25) is 5.02 Å². The number of nitro benzene ring substituents is 1. The van der Waals surface area contributed by atoms with E-state index < -0.39 is 4.92 Å². The van der Waals surface area contributed by atoms with Gasteiger partial charge in [0.25, 0.3) is 11.6 Å². The number of rotatable bonds is 7. The highest BCUT2D eigenvalue weighted by molar-refractivity contribution is 6.34. The Morgan fingerprint density at radius 3 is 2.58 bits per heavy atom. The Kier molecular flexibility index (Phi) is 7.14. The largest absolute Gasteiger partial charge is 0.345 e. The second-order valence-corrected chi connectivity index (χ2v) is 9.11. The van der Waals surface area contributed by atoms with Crippen molar-refractivity contribution in [1.82, 2.24) is 9.47 Å². The van der Waals surface area contributed by atoms with E-state index in [-0.39, 0.29) is 22.7 Å². The summed E-state index contributed by atoms with van der Waals surface area (Å²) in [5.74, 6) is -0.176. The summed E-state index contributed by atoms with van der Waals surface area (Å²) in [6, 6.07) is 16.6. The van der Waals surface area contributed by atoms with Gasteiger partial charge in [0.1, 0.15) is 0 Å². The van der Waals surface area contributed by atoms with Crippen molar-refractivity contribution < 1.29 is 9.72 Å². The van der Waals surface area contributed by atoms with Crippen molar-refractivity contribution in [1.29, 1.82) is 0 Å². The van der Waals surface area contributed by atoms with Crippen LogP contribution in [0, 0.1) is 17.0 Å². The molecule has 3 aromatic rings. The van der Waals surface area contributed by atoms with Crippen LogP contribution in [0.5, 0.6) is 0 Å².